The molecule has 2 aliphatic heterocycles. The highest BCUT2D eigenvalue weighted by Crippen LogP contribution is 2.41. The third kappa shape index (κ3) is 4.87. The van der Waals surface area contributed by atoms with E-state index in [0.29, 0.717) is 37.6 Å². The Labute approximate surface area is 196 Å². The monoisotopic (exact) mass is 472 g/mol. The van der Waals surface area contributed by atoms with E-state index in [1.54, 1.807) is 23.8 Å². The molecule has 4 rings (SSSR count). The number of hydrogen-bond acceptors (Lipinski definition) is 7. The molecule has 11 heteroatoms. The molecule has 2 aliphatic rings. The number of rotatable bonds is 6. The molecule has 2 saturated heterocycles. The quantitative estimate of drug-likeness (QED) is 0.361. The molecule has 0 saturated carbocycles. The Morgan fingerprint density at radius 2 is 1.91 bits per heavy atom. The third-order valence-corrected chi connectivity index (χ3v) is 7.53. The number of imidazole rings is 1. The van der Waals surface area contributed by atoms with Gasteiger partial charge in [-0.25, -0.2) is 4.98 Å². The molecule has 2 aromatic rings. The van der Waals surface area contributed by atoms with E-state index in [1.807, 2.05) is 22.1 Å². The molecule has 4 heterocycles. The average Bonchev–Trinajstić information content (AvgIpc) is 3.41. The standard InChI is InChI=1S/C22H28N6O4S/c1-16-24-18(28(31)32)14-26(16)10-5-19(29)27-13-8-22(15-27)6-11-25(12-7-22)21(30)17-4-3-9-23-20(17)33-2/h3-4,9,14H,5-8,10-13,15H2,1-2H3. The van der Waals surface area contributed by atoms with Gasteiger partial charge in [0.15, 0.2) is 0 Å². The number of hydrogen-bond donors (Lipinski definition) is 0. The number of aryl methyl sites for hydroxylation is 2. The van der Waals surface area contributed by atoms with Gasteiger partial charge in [-0.2, -0.15) is 0 Å². The maximum atomic E-state index is 13.0. The van der Waals surface area contributed by atoms with Crippen LogP contribution < -0.4 is 0 Å². The van der Waals surface area contributed by atoms with Gasteiger partial charge >= 0.3 is 5.82 Å². The molecule has 10 nitrogen and oxygen atoms in total. The molecule has 0 N–H and O–H groups in total. The van der Waals surface area contributed by atoms with Crippen molar-refractivity contribution in [1.82, 2.24) is 24.3 Å². The van der Waals surface area contributed by atoms with Crippen LogP contribution >= 0.6 is 11.8 Å². The van der Waals surface area contributed by atoms with Crippen molar-refractivity contribution in [3.05, 3.63) is 46.0 Å². The van der Waals surface area contributed by atoms with E-state index in [4.69, 9.17) is 0 Å². The summed E-state index contributed by atoms with van der Waals surface area (Å²) in [6.07, 6.45) is 7.99. The molecule has 0 bridgehead atoms. The number of nitrogens with zero attached hydrogens (tertiary/aromatic N) is 6. The van der Waals surface area contributed by atoms with Crippen LogP contribution in [0.25, 0.3) is 0 Å². The maximum absolute atomic E-state index is 13.0. The van der Waals surface area contributed by atoms with Gasteiger partial charge < -0.3 is 24.5 Å². The zero-order chi connectivity index (χ0) is 23.6. The van der Waals surface area contributed by atoms with Crippen LogP contribution in [-0.4, -0.2) is 73.5 Å². The van der Waals surface area contributed by atoms with Gasteiger partial charge in [-0.05, 0) is 53.0 Å². The van der Waals surface area contributed by atoms with Gasteiger partial charge in [0, 0.05) is 52.3 Å². The second-order valence-electron chi connectivity index (χ2n) is 8.76. The van der Waals surface area contributed by atoms with Crippen LogP contribution in [0.1, 0.15) is 41.9 Å². The highest BCUT2D eigenvalue weighted by atomic mass is 32.2. The van der Waals surface area contributed by atoms with Gasteiger partial charge in [-0.3, -0.25) is 9.59 Å². The first-order valence-corrected chi connectivity index (χ1v) is 12.3. The van der Waals surface area contributed by atoms with Crippen molar-refractivity contribution >= 4 is 29.4 Å². The lowest BCUT2D eigenvalue weighted by molar-refractivity contribution is -0.389. The van der Waals surface area contributed by atoms with E-state index in [1.165, 1.54) is 18.0 Å². The van der Waals surface area contributed by atoms with Crippen LogP contribution in [0.5, 0.6) is 0 Å². The molecule has 2 fully saturated rings. The van der Waals surface area contributed by atoms with Crippen LogP contribution in [0, 0.1) is 22.5 Å². The van der Waals surface area contributed by atoms with Gasteiger partial charge in [0.2, 0.25) is 11.7 Å². The van der Waals surface area contributed by atoms with Crippen molar-refractivity contribution in [3.8, 4) is 0 Å². The second-order valence-corrected chi connectivity index (χ2v) is 9.56. The van der Waals surface area contributed by atoms with E-state index in [0.717, 1.165) is 30.8 Å². The van der Waals surface area contributed by atoms with E-state index in [2.05, 4.69) is 9.97 Å². The molecule has 0 unspecified atom stereocenters. The first-order chi connectivity index (χ1) is 15.8. The zero-order valence-corrected chi connectivity index (χ0v) is 19.7. The minimum Gasteiger partial charge on any atom is -0.358 e. The summed E-state index contributed by atoms with van der Waals surface area (Å²) in [4.78, 5) is 48.2. The molecule has 0 aromatic carbocycles. The van der Waals surface area contributed by atoms with Crippen LogP contribution in [0.15, 0.2) is 29.6 Å². The molecule has 0 radical (unpaired) electrons. The van der Waals surface area contributed by atoms with E-state index in [9.17, 15) is 19.7 Å². The Balaban J connectivity index is 1.30. The number of pyridine rings is 1. The van der Waals surface area contributed by atoms with Gasteiger partial charge in [0.1, 0.15) is 11.2 Å². The minimum absolute atomic E-state index is 0.0259. The summed E-state index contributed by atoms with van der Waals surface area (Å²) in [6.45, 7) is 4.86. The fraction of sp³-hybridized carbons (Fsp3) is 0.545. The number of amides is 2. The van der Waals surface area contributed by atoms with Gasteiger partial charge in [-0.1, -0.05) is 0 Å². The van der Waals surface area contributed by atoms with Crippen LogP contribution in [0.3, 0.4) is 0 Å². The number of thioether (sulfide) groups is 1. The van der Waals surface area contributed by atoms with E-state index in [-0.39, 0.29) is 29.5 Å². The first kappa shape index (κ1) is 23.2. The zero-order valence-electron chi connectivity index (χ0n) is 18.9. The molecule has 0 atom stereocenters. The Bertz CT molecular complexity index is 1060. The molecular weight excluding hydrogens is 444 g/mol. The predicted octanol–water partition coefficient (Wildman–Crippen LogP) is 2.76. The van der Waals surface area contributed by atoms with Crippen molar-refractivity contribution < 1.29 is 14.5 Å². The number of piperidine rings is 1. The Morgan fingerprint density at radius 3 is 2.55 bits per heavy atom. The number of nitro groups is 1. The highest BCUT2D eigenvalue weighted by molar-refractivity contribution is 7.98. The third-order valence-electron chi connectivity index (χ3n) is 6.81. The lowest BCUT2D eigenvalue weighted by atomic mass is 9.77. The number of carbonyl (C=O) groups excluding carboxylic acids is 2. The van der Waals surface area contributed by atoms with Crippen molar-refractivity contribution in [3.63, 3.8) is 0 Å². The average molecular weight is 473 g/mol. The van der Waals surface area contributed by atoms with Crippen LogP contribution in [0.2, 0.25) is 0 Å². The smallest absolute Gasteiger partial charge is 0.358 e. The summed E-state index contributed by atoms with van der Waals surface area (Å²) in [5.41, 5.74) is 0.715. The van der Waals surface area contributed by atoms with Crippen molar-refractivity contribution in [2.24, 2.45) is 5.41 Å². The predicted molar refractivity (Wildman–Crippen MR) is 123 cm³/mol. The molecule has 1 spiro atoms. The number of aromatic nitrogens is 3. The Kier molecular flexibility index (Phi) is 6.68. The van der Waals surface area contributed by atoms with Crippen molar-refractivity contribution in [1.29, 1.82) is 0 Å². The summed E-state index contributed by atoms with van der Waals surface area (Å²) in [5.74, 6) is 0.416. The summed E-state index contributed by atoms with van der Waals surface area (Å²) >= 11 is 1.47. The van der Waals surface area contributed by atoms with Crippen LogP contribution in [-0.2, 0) is 11.3 Å². The van der Waals surface area contributed by atoms with Crippen molar-refractivity contribution in [2.45, 2.75) is 44.2 Å². The summed E-state index contributed by atoms with van der Waals surface area (Å²) in [5, 5.41) is 11.6. The Morgan fingerprint density at radius 1 is 1.21 bits per heavy atom. The fourth-order valence-corrected chi connectivity index (χ4v) is 5.35. The maximum Gasteiger partial charge on any atom is 0.381 e. The number of carbonyl (C=O) groups is 2. The van der Waals surface area contributed by atoms with E-state index < -0.39 is 4.92 Å². The van der Waals surface area contributed by atoms with Gasteiger partial charge in [-0.15, -0.1) is 11.8 Å². The second kappa shape index (κ2) is 9.50. The largest absolute Gasteiger partial charge is 0.381 e. The van der Waals surface area contributed by atoms with Crippen molar-refractivity contribution in [2.75, 3.05) is 32.4 Å². The molecule has 176 valence electrons. The van der Waals surface area contributed by atoms with Crippen LogP contribution in [0.4, 0.5) is 5.82 Å². The lowest BCUT2D eigenvalue weighted by Gasteiger charge is -2.39. The molecule has 2 aromatic heterocycles. The summed E-state index contributed by atoms with van der Waals surface area (Å²) in [6, 6.07) is 3.63. The van der Waals surface area contributed by atoms with Gasteiger partial charge in [0.05, 0.1) is 5.56 Å². The topological polar surface area (TPSA) is 114 Å². The lowest BCUT2D eigenvalue weighted by Crippen LogP contribution is -2.44. The summed E-state index contributed by atoms with van der Waals surface area (Å²) in [7, 11) is 0. The van der Waals surface area contributed by atoms with Gasteiger partial charge in [0.25, 0.3) is 5.91 Å². The Hall–Kier alpha value is -2.95. The fourth-order valence-electron chi connectivity index (χ4n) is 4.81. The first-order valence-electron chi connectivity index (χ1n) is 11.1. The minimum atomic E-state index is -0.525. The molecule has 33 heavy (non-hydrogen) atoms. The molecular formula is C22H28N6O4S. The number of likely N-dealkylation sites (tertiary alicyclic amines) is 2. The SMILES string of the molecule is CSc1ncccc1C(=O)N1CCC2(CCN(C(=O)CCn3cc([N+](=O)[O-])nc3C)C2)CC1. The molecule has 0 aliphatic carbocycles. The normalized spacial score (nSPS) is 17.5. The molecule has 2 amide bonds. The highest BCUT2D eigenvalue weighted by Gasteiger charge is 2.42. The summed E-state index contributed by atoms with van der Waals surface area (Å²) < 4.78 is 1.66. The van der Waals surface area contributed by atoms with E-state index >= 15 is 0 Å².